The van der Waals surface area contributed by atoms with Crippen LogP contribution >= 0.6 is 34.8 Å². The molecule has 0 amide bonds. The molecule has 1 aromatic rings. The molecular formula is C17H25Cl3. The van der Waals surface area contributed by atoms with Gasteiger partial charge in [-0.3, -0.25) is 0 Å². The van der Waals surface area contributed by atoms with Crippen LogP contribution < -0.4 is 0 Å². The minimum Gasteiger partial charge on any atom is -0.0834 e. The fraction of sp³-hybridized carbons (Fsp3) is 0.647. The quantitative estimate of drug-likeness (QED) is 0.338. The summed E-state index contributed by atoms with van der Waals surface area (Å²) in [5, 5.41) is 0. The maximum absolute atomic E-state index is 6.14. The van der Waals surface area contributed by atoms with Crippen LogP contribution in [-0.4, -0.2) is 3.79 Å². The summed E-state index contributed by atoms with van der Waals surface area (Å²) < 4.78 is -1.17. The molecule has 0 fully saturated rings. The number of hydrogen-bond donors (Lipinski definition) is 0. The lowest BCUT2D eigenvalue weighted by Crippen LogP contribution is -2.21. The Morgan fingerprint density at radius 1 is 0.900 bits per heavy atom. The van der Waals surface area contributed by atoms with E-state index in [1.807, 2.05) is 18.2 Å². The first kappa shape index (κ1) is 18.1. The van der Waals surface area contributed by atoms with Crippen LogP contribution in [0.1, 0.15) is 57.4 Å². The molecule has 0 spiro atoms. The smallest absolute Gasteiger partial charge is 0.0834 e. The van der Waals surface area contributed by atoms with Crippen LogP contribution in [0.2, 0.25) is 0 Å². The van der Waals surface area contributed by atoms with E-state index in [1.165, 1.54) is 37.7 Å². The van der Waals surface area contributed by atoms with Crippen LogP contribution in [0.5, 0.6) is 0 Å². The first-order valence-corrected chi connectivity index (χ1v) is 8.78. The Balaban J connectivity index is 2.38. The maximum Gasteiger partial charge on any atom is 0.193 e. The second-order valence-corrected chi connectivity index (χ2v) is 7.85. The van der Waals surface area contributed by atoms with E-state index in [0.29, 0.717) is 0 Å². The van der Waals surface area contributed by atoms with E-state index >= 15 is 0 Å². The van der Waals surface area contributed by atoms with Crippen LogP contribution in [0.3, 0.4) is 0 Å². The molecule has 0 N–H and O–H groups in total. The van der Waals surface area contributed by atoms with Crippen molar-refractivity contribution in [3.63, 3.8) is 0 Å². The highest BCUT2D eigenvalue weighted by molar-refractivity contribution is 6.67. The lowest BCUT2D eigenvalue weighted by Gasteiger charge is -2.24. The lowest BCUT2D eigenvalue weighted by atomic mass is 9.94. The Morgan fingerprint density at radius 2 is 1.50 bits per heavy atom. The maximum atomic E-state index is 6.14. The van der Waals surface area contributed by atoms with Gasteiger partial charge in [0.25, 0.3) is 0 Å². The normalized spacial score (nSPS) is 13.4. The van der Waals surface area contributed by atoms with E-state index in [1.54, 1.807) is 0 Å². The molecule has 1 unspecified atom stereocenters. The first-order chi connectivity index (χ1) is 9.54. The molecule has 0 aliphatic rings. The van der Waals surface area contributed by atoms with Gasteiger partial charge < -0.3 is 0 Å². The summed E-state index contributed by atoms with van der Waals surface area (Å²) in [5.74, 6) is 0.0982. The van der Waals surface area contributed by atoms with Crippen molar-refractivity contribution < 1.29 is 0 Å². The van der Waals surface area contributed by atoms with Gasteiger partial charge in [0.1, 0.15) is 0 Å². The number of benzene rings is 1. The molecule has 0 saturated heterocycles. The third kappa shape index (κ3) is 7.76. The van der Waals surface area contributed by atoms with Gasteiger partial charge in [-0.15, -0.1) is 0 Å². The summed E-state index contributed by atoms with van der Waals surface area (Å²) in [6.45, 7) is 2.23. The van der Waals surface area contributed by atoms with Crippen molar-refractivity contribution in [2.75, 3.05) is 0 Å². The zero-order valence-corrected chi connectivity index (χ0v) is 14.5. The SMILES string of the molecule is CCCCCCCCC(Cc1ccccc1)C(Cl)(Cl)Cl. The molecule has 0 heterocycles. The zero-order valence-electron chi connectivity index (χ0n) is 12.3. The van der Waals surface area contributed by atoms with Gasteiger partial charge in [0.15, 0.2) is 3.79 Å². The van der Waals surface area contributed by atoms with E-state index in [-0.39, 0.29) is 5.92 Å². The van der Waals surface area contributed by atoms with E-state index in [0.717, 1.165) is 19.3 Å². The van der Waals surface area contributed by atoms with Crippen molar-refractivity contribution in [1.82, 2.24) is 0 Å². The molecule has 0 radical (unpaired) electrons. The largest absolute Gasteiger partial charge is 0.193 e. The van der Waals surface area contributed by atoms with Crippen molar-refractivity contribution in [2.45, 2.75) is 62.1 Å². The van der Waals surface area contributed by atoms with Crippen molar-refractivity contribution in [3.8, 4) is 0 Å². The molecule has 1 atom stereocenters. The second kappa shape index (κ2) is 9.92. The van der Waals surface area contributed by atoms with Gasteiger partial charge in [0, 0.05) is 5.92 Å². The summed E-state index contributed by atoms with van der Waals surface area (Å²) in [4.78, 5) is 0. The van der Waals surface area contributed by atoms with Gasteiger partial charge >= 0.3 is 0 Å². The number of halogens is 3. The van der Waals surface area contributed by atoms with Crippen LogP contribution in [0, 0.1) is 5.92 Å². The number of rotatable bonds is 9. The Morgan fingerprint density at radius 3 is 2.10 bits per heavy atom. The molecular weight excluding hydrogens is 311 g/mol. The minimum absolute atomic E-state index is 0.0982. The molecule has 0 saturated carbocycles. The fourth-order valence-electron chi connectivity index (χ4n) is 2.45. The van der Waals surface area contributed by atoms with E-state index < -0.39 is 3.79 Å². The van der Waals surface area contributed by atoms with E-state index in [2.05, 4.69) is 19.1 Å². The van der Waals surface area contributed by atoms with Crippen LogP contribution in [0.4, 0.5) is 0 Å². The molecule has 0 aliphatic heterocycles. The number of unbranched alkanes of at least 4 members (excludes halogenated alkanes) is 5. The van der Waals surface area contributed by atoms with Crippen molar-refractivity contribution in [1.29, 1.82) is 0 Å². The monoisotopic (exact) mass is 334 g/mol. The minimum atomic E-state index is -1.17. The average molecular weight is 336 g/mol. The zero-order chi connectivity index (χ0) is 14.8. The third-order valence-electron chi connectivity index (χ3n) is 3.69. The van der Waals surface area contributed by atoms with Crippen molar-refractivity contribution in [3.05, 3.63) is 35.9 Å². The van der Waals surface area contributed by atoms with Gasteiger partial charge in [-0.25, -0.2) is 0 Å². The van der Waals surface area contributed by atoms with Crippen molar-refractivity contribution in [2.24, 2.45) is 5.92 Å². The standard InChI is InChI=1S/C17H25Cl3/c1-2-3-4-5-6-10-13-16(17(18,19)20)14-15-11-8-7-9-12-15/h7-9,11-12,16H,2-6,10,13-14H2,1H3. The molecule has 0 aliphatic carbocycles. The molecule has 0 nitrogen and oxygen atoms in total. The summed E-state index contributed by atoms with van der Waals surface area (Å²) in [7, 11) is 0. The molecule has 0 aromatic heterocycles. The third-order valence-corrected chi connectivity index (χ3v) is 4.62. The number of alkyl halides is 3. The van der Waals surface area contributed by atoms with Gasteiger partial charge in [0.2, 0.25) is 0 Å². The summed E-state index contributed by atoms with van der Waals surface area (Å²) in [6, 6.07) is 10.3. The predicted molar refractivity (Wildman–Crippen MR) is 91.9 cm³/mol. The van der Waals surface area contributed by atoms with Crippen LogP contribution in [0.25, 0.3) is 0 Å². The molecule has 1 aromatic carbocycles. The highest BCUT2D eigenvalue weighted by Gasteiger charge is 2.31. The number of hydrogen-bond acceptors (Lipinski definition) is 0. The Hall–Kier alpha value is 0.0900. The summed E-state index contributed by atoms with van der Waals surface area (Å²) >= 11 is 18.4. The lowest BCUT2D eigenvalue weighted by molar-refractivity contribution is 0.454. The molecule has 114 valence electrons. The molecule has 1 rings (SSSR count). The Kier molecular flexibility index (Phi) is 9.00. The van der Waals surface area contributed by atoms with Gasteiger partial charge in [-0.2, -0.15) is 0 Å². The second-order valence-electron chi connectivity index (χ2n) is 5.48. The van der Waals surface area contributed by atoms with Gasteiger partial charge in [-0.05, 0) is 18.4 Å². The summed E-state index contributed by atoms with van der Waals surface area (Å²) in [6.07, 6.45) is 9.45. The van der Waals surface area contributed by atoms with Crippen LogP contribution in [-0.2, 0) is 6.42 Å². The van der Waals surface area contributed by atoms with E-state index in [4.69, 9.17) is 34.8 Å². The summed E-state index contributed by atoms with van der Waals surface area (Å²) in [5.41, 5.74) is 1.25. The molecule has 20 heavy (non-hydrogen) atoms. The highest BCUT2D eigenvalue weighted by Crippen LogP contribution is 2.39. The van der Waals surface area contributed by atoms with Gasteiger partial charge in [0.05, 0.1) is 0 Å². The predicted octanol–water partition coefficient (Wildman–Crippen LogP) is 6.97. The molecule has 3 heteroatoms. The van der Waals surface area contributed by atoms with Gasteiger partial charge in [-0.1, -0.05) is 111 Å². The van der Waals surface area contributed by atoms with E-state index in [9.17, 15) is 0 Å². The van der Waals surface area contributed by atoms with Crippen molar-refractivity contribution >= 4 is 34.8 Å². The topological polar surface area (TPSA) is 0 Å². The first-order valence-electron chi connectivity index (χ1n) is 7.64. The fourth-order valence-corrected chi connectivity index (χ4v) is 3.01. The molecule has 0 bridgehead atoms. The Bertz CT molecular complexity index is 343. The Labute approximate surface area is 138 Å². The highest BCUT2D eigenvalue weighted by atomic mass is 35.6. The van der Waals surface area contributed by atoms with Crippen LogP contribution in [0.15, 0.2) is 30.3 Å². The average Bonchev–Trinajstić information content (AvgIpc) is 2.41.